The predicted octanol–water partition coefficient (Wildman–Crippen LogP) is 5.40. The second-order valence-corrected chi connectivity index (χ2v) is 11.1. The van der Waals surface area contributed by atoms with Gasteiger partial charge in [-0.15, -0.1) is 0 Å². The molecule has 10 heteroatoms. The van der Waals surface area contributed by atoms with E-state index in [1.54, 1.807) is 12.3 Å². The molecular formula is C32H42F2N4O4. The van der Waals surface area contributed by atoms with Crippen molar-refractivity contribution in [1.82, 2.24) is 14.8 Å². The largest absolute Gasteiger partial charge is 0.481 e. The van der Waals surface area contributed by atoms with E-state index < -0.39 is 48.9 Å². The van der Waals surface area contributed by atoms with Gasteiger partial charge in [0.05, 0.1) is 19.0 Å². The molecule has 228 valence electrons. The molecule has 0 radical (unpaired) electrons. The monoisotopic (exact) mass is 584 g/mol. The highest BCUT2D eigenvalue weighted by Crippen LogP contribution is 2.23. The third kappa shape index (κ3) is 10.5. The van der Waals surface area contributed by atoms with Crippen molar-refractivity contribution in [3.63, 3.8) is 0 Å². The number of aromatic nitrogens is 1. The SMILES string of the molecule is C=C(C=N/C=C(\C)c1c(C)cccc1C)[C@H](CC(=O)O)NC(=O)[C@H](CC(C)C)n1ccc(CN(C)CC(F)F)cc1=O. The van der Waals surface area contributed by atoms with Crippen molar-refractivity contribution in [2.24, 2.45) is 10.9 Å². The van der Waals surface area contributed by atoms with Crippen molar-refractivity contribution in [3.05, 3.63) is 87.5 Å². The first-order valence-electron chi connectivity index (χ1n) is 13.8. The standard InChI is InChI=1S/C32H42F2N4O4/c1-20(2)13-27(38-12-11-25(14-29(38)39)18-37(7)19-28(33)34)32(42)36-26(15-30(40)41)23(5)16-35-17-24(6)31-21(3)9-8-10-22(31)4/h8-12,14,16-17,20,26-28H,5,13,15,18-19H2,1-4,6-7H3,(H,36,42)(H,40,41)/b24-17+,35-16?/t26-,27-/m0/s1. The van der Waals surface area contributed by atoms with E-state index in [-0.39, 0.29) is 12.5 Å². The number of alkyl halides is 2. The van der Waals surface area contributed by atoms with E-state index in [9.17, 15) is 28.3 Å². The Kier molecular flexibility index (Phi) is 13.0. The first-order valence-corrected chi connectivity index (χ1v) is 13.8. The summed E-state index contributed by atoms with van der Waals surface area (Å²) in [5, 5.41) is 12.3. The van der Waals surface area contributed by atoms with E-state index in [1.807, 2.05) is 52.8 Å². The molecule has 2 atom stereocenters. The minimum atomic E-state index is -2.50. The molecule has 1 heterocycles. The highest BCUT2D eigenvalue weighted by molar-refractivity contribution is 5.87. The zero-order valence-electron chi connectivity index (χ0n) is 25.2. The lowest BCUT2D eigenvalue weighted by molar-refractivity contribution is -0.137. The van der Waals surface area contributed by atoms with E-state index in [1.165, 1.54) is 35.0 Å². The van der Waals surface area contributed by atoms with Gasteiger partial charge >= 0.3 is 5.97 Å². The van der Waals surface area contributed by atoms with Crippen molar-refractivity contribution in [1.29, 1.82) is 0 Å². The number of hydrogen-bond acceptors (Lipinski definition) is 5. The Balaban J connectivity index is 2.28. The third-order valence-electron chi connectivity index (χ3n) is 6.77. The van der Waals surface area contributed by atoms with Gasteiger partial charge in [0.25, 0.3) is 12.0 Å². The average molecular weight is 585 g/mol. The van der Waals surface area contributed by atoms with Crippen LogP contribution in [0.25, 0.3) is 5.57 Å². The molecule has 2 aromatic rings. The maximum Gasteiger partial charge on any atom is 0.305 e. The van der Waals surface area contributed by atoms with E-state index in [0.717, 1.165) is 22.3 Å². The van der Waals surface area contributed by atoms with E-state index >= 15 is 0 Å². The number of aliphatic imine (C=N–C) groups is 1. The molecule has 42 heavy (non-hydrogen) atoms. The number of carbonyl (C=O) groups excluding carboxylic acids is 1. The molecule has 8 nitrogen and oxygen atoms in total. The van der Waals surface area contributed by atoms with Gasteiger partial charge in [-0.3, -0.25) is 24.3 Å². The molecule has 0 aliphatic heterocycles. The van der Waals surface area contributed by atoms with Crippen LogP contribution in [0.1, 0.15) is 61.9 Å². The van der Waals surface area contributed by atoms with Gasteiger partial charge in [0.15, 0.2) is 0 Å². The minimum absolute atomic E-state index is 0.0326. The van der Waals surface area contributed by atoms with Crippen LogP contribution >= 0.6 is 0 Å². The van der Waals surface area contributed by atoms with Gasteiger partial charge in [0.2, 0.25) is 5.91 Å². The Morgan fingerprint density at radius 2 is 1.83 bits per heavy atom. The summed E-state index contributed by atoms with van der Waals surface area (Å²) in [5.74, 6) is -1.63. The van der Waals surface area contributed by atoms with Crippen LogP contribution in [0.3, 0.4) is 0 Å². The summed E-state index contributed by atoms with van der Waals surface area (Å²) in [6, 6.07) is 7.08. The fraction of sp³-hybridized carbons (Fsp3) is 0.438. The summed E-state index contributed by atoms with van der Waals surface area (Å²) in [7, 11) is 1.53. The summed E-state index contributed by atoms with van der Waals surface area (Å²) >= 11 is 0. The van der Waals surface area contributed by atoms with Crippen LogP contribution in [-0.4, -0.2) is 58.7 Å². The molecule has 0 saturated carbocycles. The Morgan fingerprint density at radius 3 is 2.38 bits per heavy atom. The van der Waals surface area contributed by atoms with Gasteiger partial charge in [0, 0.05) is 31.2 Å². The van der Waals surface area contributed by atoms with E-state index in [0.29, 0.717) is 17.6 Å². The molecule has 0 aliphatic carbocycles. The summed E-state index contributed by atoms with van der Waals surface area (Å²) in [4.78, 5) is 43.9. The van der Waals surface area contributed by atoms with Crippen LogP contribution in [0, 0.1) is 19.8 Å². The molecule has 0 fully saturated rings. The van der Waals surface area contributed by atoms with Crippen molar-refractivity contribution in [2.45, 2.75) is 72.5 Å². The number of pyridine rings is 1. The quantitative estimate of drug-likeness (QED) is 0.273. The van der Waals surface area contributed by atoms with Crippen LogP contribution in [0.5, 0.6) is 0 Å². The number of benzene rings is 1. The first kappa shape index (κ1) is 34.3. The average Bonchev–Trinajstić information content (AvgIpc) is 2.86. The number of aryl methyl sites for hydroxylation is 2. The molecule has 1 aromatic carbocycles. The van der Waals surface area contributed by atoms with Crippen molar-refractivity contribution in [2.75, 3.05) is 13.6 Å². The normalized spacial score (nSPS) is 13.6. The summed E-state index contributed by atoms with van der Waals surface area (Å²) in [5.41, 5.74) is 4.59. The van der Waals surface area contributed by atoms with Gasteiger partial charge in [-0.25, -0.2) is 8.78 Å². The zero-order valence-corrected chi connectivity index (χ0v) is 25.2. The highest BCUT2D eigenvalue weighted by atomic mass is 19.3. The van der Waals surface area contributed by atoms with Gasteiger partial charge in [0.1, 0.15) is 6.04 Å². The van der Waals surface area contributed by atoms with Gasteiger partial charge < -0.3 is 15.0 Å². The van der Waals surface area contributed by atoms with Crippen molar-refractivity contribution in [3.8, 4) is 0 Å². The fourth-order valence-electron chi connectivity index (χ4n) is 4.85. The van der Waals surface area contributed by atoms with E-state index in [2.05, 4.69) is 16.9 Å². The topological polar surface area (TPSA) is 104 Å². The van der Waals surface area contributed by atoms with Crippen molar-refractivity contribution < 1.29 is 23.5 Å². The molecular weight excluding hydrogens is 542 g/mol. The number of nitrogens with zero attached hydrogens (tertiary/aromatic N) is 3. The van der Waals surface area contributed by atoms with Crippen LogP contribution in [-0.2, 0) is 16.1 Å². The second kappa shape index (κ2) is 15.9. The lowest BCUT2D eigenvalue weighted by Gasteiger charge is -2.25. The fourth-order valence-corrected chi connectivity index (χ4v) is 4.85. The maximum absolute atomic E-state index is 13.5. The number of rotatable bonds is 15. The summed E-state index contributed by atoms with van der Waals surface area (Å²) in [6.45, 7) is 13.4. The van der Waals surface area contributed by atoms with Gasteiger partial charge in [-0.1, -0.05) is 38.6 Å². The predicted molar refractivity (Wildman–Crippen MR) is 163 cm³/mol. The number of carbonyl (C=O) groups is 2. The maximum atomic E-state index is 13.5. The van der Waals surface area contributed by atoms with Gasteiger partial charge in [-0.05, 0) is 79.6 Å². The van der Waals surface area contributed by atoms with Gasteiger partial charge in [-0.2, -0.15) is 0 Å². The minimum Gasteiger partial charge on any atom is -0.481 e. The molecule has 0 saturated heterocycles. The number of hydrogen-bond donors (Lipinski definition) is 2. The Bertz CT molecular complexity index is 1360. The third-order valence-corrected chi connectivity index (χ3v) is 6.77. The highest BCUT2D eigenvalue weighted by Gasteiger charge is 2.27. The lowest BCUT2D eigenvalue weighted by Crippen LogP contribution is -2.44. The number of carboxylic acid groups (broad SMARTS) is 1. The van der Waals surface area contributed by atoms with Crippen LogP contribution in [0.15, 0.2) is 64.7 Å². The first-order chi connectivity index (χ1) is 19.7. The van der Waals surface area contributed by atoms with Crippen molar-refractivity contribution >= 4 is 23.7 Å². The lowest BCUT2D eigenvalue weighted by atomic mass is 9.97. The molecule has 1 aromatic heterocycles. The number of halogens is 2. The van der Waals surface area contributed by atoms with Crippen LogP contribution in [0.4, 0.5) is 8.78 Å². The Labute approximate surface area is 246 Å². The smallest absolute Gasteiger partial charge is 0.305 e. The number of aliphatic carboxylic acids is 1. The molecule has 0 bridgehead atoms. The van der Waals surface area contributed by atoms with Crippen LogP contribution < -0.4 is 10.9 Å². The Morgan fingerprint density at radius 1 is 1.19 bits per heavy atom. The molecule has 2 N–H and O–H groups in total. The molecule has 0 spiro atoms. The molecule has 0 unspecified atom stereocenters. The summed E-state index contributed by atoms with van der Waals surface area (Å²) < 4.78 is 26.7. The zero-order chi connectivity index (χ0) is 31.6. The Hall–Kier alpha value is -3.92. The molecule has 1 amide bonds. The second-order valence-electron chi connectivity index (χ2n) is 11.1. The van der Waals surface area contributed by atoms with Crippen LogP contribution in [0.2, 0.25) is 0 Å². The molecule has 2 rings (SSSR count). The number of nitrogens with one attached hydrogen (secondary N) is 1. The summed E-state index contributed by atoms with van der Waals surface area (Å²) in [6.07, 6.45) is 1.97. The number of allylic oxidation sites excluding steroid dienone is 1. The molecule has 0 aliphatic rings. The van der Waals surface area contributed by atoms with E-state index in [4.69, 9.17) is 0 Å². The number of amides is 1. The number of carboxylic acids is 1.